The van der Waals surface area contributed by atoms with E-state index < -0.39 is 62.6 Å². The highest BCUT2D eigenvalue weighted by Crippen LogP contribution is 2.46. The van der Waals surface area contributed by atoms with Crippen LogP contribution < -0.4 is 20.1 Å². The van der Waals surface area contributed by atoms with Gasteiger partial charge in [0.1, 0.15) is 34.8 Å². The second-order valence-corrected chi connectivity index (χ2v) is 20.6. The molecule has 5 aliphatic rings. The monoisotopic (exact) mass is 865 g/mol. The van der Waals surface area contributed by atoms with E-state index in [0.29, 0.717) is 67.7 Å². The van der Waals surface area contributed by atoms with Crippen molar-refractivity contribution in [2.75, 3.05) is 19.6 Å². The first-order valence-electron chi connectivity index (χ1n) is 22.1. The number of furan rings is 1. The number of nitrogens with zero attached hydrogens (tertiary/aromatic N) is 4. The Balaban J connectivity index is 1.06. The molecule has 15 nitrogen and oxygen atoms in total. The van der Waals surface area contributed by atoms with E-state index in [1.807, 2.05) is 48.6 Å². The van der Waals surface area contributed by atoms with Crippen molar-refractivity contribution in [2.45, 2.75) is 126 Å². The molecule has 62 heavy (non-hydrogen) atoms. The first-order valence-corrected chi connectivity index (χ1v) is 23.6. The molecule has 0 radical (unpaired) electrons. The van der Waals surface area contributed by atoms with Crippen LogP contribution in [0.15, 0.2) is 65.1 Å². The number of urea groups is 1. The van der Waals surface area contributed by atoms with Gasteiger partial charge in [0.25, 0.3) is 11.8 Å². The van der Waals surface area contributed by atoms with Gasteiger partial charge in [-0.25, -0.2) is 18.2 Å². The lowest BCUT2D eigenvalue weighted by Crippen LogP contribution is -2.58. The smallest absolute Gasteiger partial charge is 0.318 e. The molecule has 0 unspecified atom stereocenters. The maximum atomic E-state index is 14.8. The number of sulfonamides is 1. The number of likely N-dealkylation sites (tertiary alicyclic amines) is 1. The third-order valence-corrected chi connectivity index (χ3v) is 14.8. The van der Waals surface area contributed by atoms with E-state index in [1.54, 1.807) is 4.90 Å². The lowest BCUT2D eigenvalue weighted by Gasteiger charge is -2.30. The zero-order valence-corrected chi connectivity index (χ0v) is 36.3. The van der Waals surface area contributed by atoms with E-state index in [0.717, 1.165) is 42.2 Å². The van der Waals surface area contributed by atoms with E-state index in [1.165, 1.54) is 4.90 Å². The van der Waals surface area contributed by atoms with Gasteiger partial charge in [-0.15, -0.1) is 0 Å². The molecule has 3 N–H and O–H groups in total. The molecular formula is C46H55N7O8S. The lowest BCUT2D eigenvalue weighted by atomic mass is 9.87. The lowest BCUT2D eigenvalue weighted by molar-refractivity contribution is -0.141. The van der Waals surface area contributed by atoms with Crippen molar-refractivity contribution in [1.29, 1.82) is 0 Å². The molecule has 5 heterocycles. The second kappa shape index (κ2) is 16.3. The highest BCUT2D eigenvalue weighted by molar-refractivity contribution is 7.91. The molecule has 0 bridgehead atoms. The zero-order valence-electron chi connectivity index (χ0n) is 35.5. The Morgan fingerprint density at radius 1 is 0.952 bits per heavy atom. The van der Waals surface area contributed by atoms with Gasteiger partial charge >= 0.3 is 6.03 Å². The minimum absolute atomic E-state index is 0.0181. The molecule has 9 rings (SSSR count). The Bertz CT molecular complexity index is 2540. The Morgan fingerprint density at radius 2 is 1.71 bits per heavy atom. The summed E-state index contributed by atoms with van der Waals surface area (Å²) in [6.07, 6.45) is 9.36. The molecule has 2 aromatic heterocycles. The van der Waals surface area contributed by atoms with Gasteiger partial charge in [-0.3, -0.25) is 19.1 Å². The average Bonchev–Trinajstić information content (AvgIpc) is 4.03. The SMILES string of the molecule is CC(C)(C)c1ccc(-c2nc(O[C@@H]3C[C@H]4C(=O)N[C@]5(C(=O)NS(=O)(=O)C6CC6)C[C@H]5C=CCCCCC[C@H](NC(=O)N5CCCC5)C(=O)N4C3)c3oc4ccccc4c3n2)cc1. The number of para-hydroxylation sites is 1. The number of ether oxygens (including phenoxy) is 1. The fourth-order valence-corrected chi connectivity index (χ4v) is 10.4. The van der Waals surface area contributed by atoms with Gasteiger partial charge < -0.3 is 29.6 Å². The summed E-state index contributed by atoms with van der Waals surface area (Å²) in [6, 6.07) is 13.2. The Labute approximate surface area is 361 Å². The molecular weight excluding hydrogens is 811 g/mol. The molecule has 2 aromatic carbocycles. The van der Waals surface area contributed by atoms with Crippen LogP contribution in [0.4, 0.5) is 4.79 Å². The highest BCUT2D eigenvalue weighted by atomic mass is 32.2. The number of allylic oxidation sites excluding steroid dienone is 1. The summed E-state index contributed by atoms with van der Waals surface area (Å²) in [5, 5.41) is 6.07. The molecule has 3 aliphatic heterocycles. The average molecular weight is 866 g/mol. The van der Waals surface area contributed by atoms with Crippen molar-refractivity contribution in [3.05, 3.63) is 66.2 Å². The van der Waals surface area contributed by atoms with Gasteiger partial charge in [0, 0.05) is 36.4 Å². The number of rotatable bonds is 7. The molecule has 328 valence electrons. The van der Waals surface area contributed by atoms with Crippen LogP contribution in [0.25, 0.3) is 33.5 Å². The van der Waals surface area contributed by atoms with Gasteiger partial charge in [-0.1, -0.05) is 82.2 Å². The van der Waals surface area contributed by atoms with E-state index in [9.17, 15) is 27.6 Å². The zero-order chi connectivity index (χ0) is 43.4. The van der Waals surface area contributed by atoms with Crippen molar-refractivity contribution < 1.29 is 36.7 Å². The summed E-state index contributed by atoms with van der Waals surface area (Å²) in [7, 11) is -3.91. The predicted octanol–water partition coefficient (Wildman–Crippen LogP) is 5.87. The number of hydrogen-bond donors (Lipinski definition) is 3. The number of amides is 5. The van der Waals surface area contributed by atoms with E-state index in [2.05, 4.69) is 48.3 Å². The minimum Gasteiger partial charge on any atom is -0.470 e. The number of fused-ring (bicyclic) bond motifs is 5. The van der Waals surface area contributed by atoms with Crippen LogP contribution in [0.1, 0.15) is 97.0 Å². The van der Waals surface area contributed by atoms with Crippen LogP contribution >= 0.6 is 0 Å². The van der Waals surface area contributed by atoms with Crippen LogP contribution in [0, 0.1) is 5.92 Å². The molecule has 16 heteroatoms. The van der Waals surface area contributed by atoms with E-state index >= 15 is 0 Å². The number of hydrogen-bond acceptors (Lipinski definition) is 10. The van der Waals surface area contributed by atoms with Crippen LogP contribution in [0.2, 0.25) is 0 Å². The number of carbonyl (C=O) groups excluding carboxylic acids is 4. The van der Waals surface area contributed by atoms with Gasteiger partial charge in [0.15, 0.2) is 5.82 Å². The standard InChI is InChI=1S/C46H55N7O8S/c1-45(2,3)29-19-17-28(18-20-29)39-48-37-33-14-9-10-16-36(33)61-38(37)41(49-39)60-31-25-35-40(54)50-46(43(56)51-62(58,59)32-21-22-32)26-30(46)13-7-5-4-6-8-15-34(42(55)53(35)27-31)47-44(57)52-23-11-12-24-52/h7,9-10,13-14,16-20,30-32,34-35H,4-6,8,11-12,15,21-27H2,1-3H3,(H,47,57)(H,50,54)(H,51,56)/t30-,31-,34+,35+,46-/m1/s1. The maximum Gasteiger partial charge on any atom is 0.318 e. The number of aromatic nitrogens is 2. The molecule has 2 saturated carbocycles. The quantitative estimate of drug-likeness (QED) is 0.190. The normalized spacial score (nSPS) is 26.0. The largest absolute Gasteiger partial charge is 0.470 e. The summed E-state index contributed by atoms with van der Waals surface area (Å²) in [4.78, 5) is 69.9. The van der Waals surface area contributed by atoms with Crippen LogP contribution in [-0.2, 0) is 29.8 Å². The van der Waals surface area contributed by atoms with Crippen molar-refractivity contribution >= 4 is 55.8 Å². The molecule has 5 atom stereocenters. The summed E-state index contributed by atoms with van der Waals surface area (Å²) in [5.74, 6) is -1.71. The van der Waals surface area contributed by atoms with Gasteiger partial charge in [-0.05, 0) is 74.5 Å². The van der Waals surface area contributed by atoms with Crippen molar-refractivity contribution in [3.63, 3.8) is 0 Å². The fourth-order valence-electron chi connectivity index (χ4n) is 9.06. The Morgan fingerprint density at radius 3 is 2.45 bits per heavy atom. The molecule has 5 amide bonds. The van der Waals surface area contributed by atoms with Gasteiger partial charge in [0.2, 0.25) is 27.4 Å². The Kier molecular flexibility index (Phi) is 11.0. The van der Waals surface area contributed by atoms with Crippen LogP contribution in [0.5, 0.6) is 5.88 Å². The van der Waals surface area contributed by atoms with E-state index in [-0.39, 0.29) is 36.7 Å². The van der Waals surface area contributed by atoms with E-state index in [4.69, 9.17) is 19.1 Å². The summed E-state index contributed by atoms with van der Waals surface area (Å²) in [6.45, 7) is 7.60. The first-order chi connectivity index (χ1) is 29.7. The molecule has 2 aliphatic carbocycles. The van der Waals surface area contributed by atoms with Crippen LogP contribution in [0.3, 0.4) is 0 Å². The summed E-state index contributed by atoms with van der Waals surface area (Å²) >= 11 is 0. The van der Waals surface area contributed by atoms with Crippen molar-refractivity contribution in [2.24, 2.45) is 5.92 Å². The minimum atomic E-state index is -3.91. The number of carbonyl (C=O) groups is 4. The van der Waals surface area contributed by atoms with Crippen molar-refractivity contribution in [1.82, 2.24) is 35.1 Å². The number of benzene rings is 2. The predicted molar refractivity (Wildman–Crippen MR) is 232 cm³/mol. The molecule has 4 fully saturated rings. The van der Waals surface area contributed by atoms with Gasteiger partial charge in [-0.2, -0.15) is 4.98 Å². The number of nitrogens with one attached hydrogen (secondary N) is 3. The second-order valence-electron chi connectivity index (χ2n) is 18.6. The van der Waals surface area contributed by atoms with Crippen molar-refractivity contribution in [3.8, 4) is 17.3 Å². The van der Waals surface area contributed by atoms with Gasteiger partial charge in [0.05, 0.1) is 11.8 Å². The Hall–Kier alpha value is -5.51. The topological polar surface area (TPSA) is 193 Å². The summed E-state index contributed by atoms with van der Waals surface area (Å²) < 4.78 is 41.3. The first kappa shape index (κ1) is 41.8. The highest BCUT2D eigenvalue weighted by Gasteiger charge is 2.62. The van der Waals surface area contributed by atoms with Crippen LogP contribution in [-0.4, -0.2) is 101 Å². The molecule has 2 saturated heterocycles. The third kappa shape index (κ3) is 8.37. The molecule has 4 aromatic rings. The summed E-state index contributed by atoms with van der Waals surface area (Å²) in [5.41, 5.74) is 1.79. The molecule has 0 spiro atoms. The maximum absolute atomic E-state index is 14.8. The fraction of sp³-hybridized carbons (Fsp3) is 0.522. The third-order valence-electron chi connectivity index (χ3n) is 13.0.